The number of halogens is 1. The van der Waals surface area contributed by atoms with Gasteiger partial charge in [-0.1, -0.05) is 6.07 Å². The number of ether oxygens (including phenoxy) is 1. The van der Waals surface area contributed by atoms with Gasteiger partial charge in [0.15, 0.2) is 0 Å². The number of hydrogen-bond donors (Lipinski definition) is 3. The molecule has 0 aromatic carbocycles. The van der Waals surface area contributed by atoms with Gasteiger partial charge in [0.25, 0.3) is 0 Å². The molecule has 0 radical (unpaired) electrons. The molecule has 2 aliphatic heterocycles. The summed E-state index contributed by atoms with van der Waals surface area (Å²) in [6, 6.07) is 4.37. The minimum atomic E-state index is -0.198. The maximum absolute atomic E-state index is 13.0. The molecule has 0 aliphatic carbocycles. The topological polar surface area (TPSA) is 58.2 Å². The Hall–Kier alpha value is -2.08. The highest BCUT2D eigenvalue weighted by Gasteiger charge is 2.10. The summed E-state index contributed by atoms with van der Waals surface area (Å²) in [6.45, 7) is 3.53. The highest BCUT2D eigenvalue weighted by molar-refractivity contribution is 5.46. The SMILES string of the molecule is FC1=CC(OCCNCCCCc2ccc3c(n2)NCCC3)=CNC1. The van der Waals surface area contributed by atoms with E-state index in [1.807, 2.05) is 0 Å². The van der Waals surface area contributed by atoms with Crippen molar-refractivity contribution in [2.75, 3.05) is 38.1 Å². The number of allylic oxidation sites excluding steroid dienone is 1. The normalized spacial score (nSPS) is 16.2. The Labute approximate surface area is 148 Å². The highest BCUT2D eigenvalue weighted by Crippen LogP contribution is 2.20. The average molecular weight is 346 g/mol. The van der Waals surface area contributed by atoms with Crippen LogP contribution < -0.4 is 16.0 Å². The third-order valence-corrected chi connectivity index (χ3v) is 4.35. The Balaban J connectivity index is 1.24. The molecule has 0 unspecified atom stereocenters. The summed E-state index contributed by atoms with van der Waals surface area (Å²) in [5, 5.41) is 9.56. The molecule has 0 saturated heterocycles. The van der Waals surface area contributed by atoms with Crippen molar-refractivity contribution in [2.45, 2.75) is 32.1 Å². The Morgan fingerprint density at radius 2 is 2.20 bits per heavy atom. The van der Waals surface area contributed by atoms with Gasteiger partial charge in [-0.05, 0) is 50.3 Å². The molecular formula is C19H27FN4O. The predicted octanol–water partition coefficient (Wildman–Crippen LogP) is 2.67. The van der Waals surface area contributed by atoms with E-state index in [9.17, 15) is 4.39 Å². The highest BCUT2D eigenvalue weighted by atomic mass is 19.1. The molecule has 2 aliphatic rings. The molecule has 0 spiro atoms. The number of anilines is 1. The van der Waals surface area contributed by atoms with Crippen molar-refractivity contribution in [3.05, 3.63) is 47.3 Å². The second-order valence-corrected chi connectivity index (χ2v) is 6.42. The lowest BCUT2D eigenvalue weighted by Gasteiger charge is -2.17. The fourth-order valence-electron chi connectivity index (χ4n) is 3.01. The molecule has 136 valence electrons. The molecule has 1 aromatic heterocycles. The number of dihydropyridines is 1. The van der Waals surface area contributed by atoms with Crippen LogP contribution in [0.15, 0.2) is 36.0 Å². The standard InChI is InChI=1S/C19H27FN4O/c20-16-12-18(14-22-13-16)25-11-10-21-8-2-1-5-17-7-6-15-4-3-9-23-19(15)24-17/h6-7,12,14,21-22H,1-5,8-11,13H2,(H,23,24). The van der Waals surface area contributed by atoms with Crippen molar-refractivity contribution in [1.29, 1.82) is 0 Å². The average Bonchev–Trinajstić information content (AvgIpc) is 2.64. The number of rotatable bonds is 9. The molecule has 0 amide bonds. The molecule has 3 N–H and O–H groups in total. The number of fused-ring (bicyclic) bond motifs is 1. The number of unbranched alkanes of at least 4 members (excludes halogenated alkanes) is 1. The van der Waals surface area contributed by atoms with Gasteiger partial charge in [-0.3, -0.25) is 0 Å². The molecule has 5 nitrogen and oxygen atoms in total. The first-order valence-corrected chi connectivity index (χ1v) is 9.17. The van der Waals surface area contributed by atoms with Crippen LogP contribution in [0.3, 0.4) is 0 Å². The zero-order chi connectivity index (χ0) is 17.3. The van der Waals surface area contributed by atoms with E-state index in [1.165, 1.54) is 23.8 Å². The number of nitrogens with zero attached hydrogens (tertiary/aromatic N) is 1. The summed E-state index contributed by atoms with van der Waals surface area (Å²) in [4.78, 5) is 4.72. The zero-order valence-corrected chi connectivity index (χ0v) is 14.6. The fraction of sp³-hybridized carbons (Fsp3) is 0.526. The Morgan fingerprint density at radius 3 is 3.12 bits per heavy atom. The first-order chi connectivity index (χ1) is 12.3. The van der Waals surface area contributed by atoms with Gasteiger partial charge in [0.1, 0.15) is 24.0 Å². The zero-order valence-electron chi connectivity index (χ0n) is 14.6. The monoisotopic (exact) mass is 346 g/mol. The first kappa shape index (κ1) is 17.7. The second kappa shape index (κ2) is 9.42. The smallest absolute Gasteiger partial charge is 0.137 e. The lowest BCUT2D eigenvalue weighted by molar-refractivity contribution is 0.220. The fourth-order valence-corrected chi connectivity index (χ4v) is 3.01. The Kier molecular flexibility index (Phi) is 6.68. The summed E-state index contributed by atoms with van der Waals surface area (Å²) in [5.41, 5.74) is 2.51. The molecule has 1 aromatic rings. The minimum absolute atomic E-state index is 0.198. The van der Waals surface area contributed by atoms with E-state index in [-0.39, 0.29) is 12.4 Å². The molecule has 3 rings (SSSR count). The van der Waals surface area contributed by atoms with E-state index < -0.39 is 0 Å². The molecule has 0 bridgehead atoms. The lowest BCUT2D eigenvalue weighted by atomic mass is 10.1. The number of hydrogen-bond acceptors (Lipinski definition) is 5. The van der Waals surface area contributed by atoms with Gasteiger partial charge in [-0.15, -0.1) is 0 Å². The van der Waals surface area contributed by atoms with Crippen LogP contribution in [0.5, 0.6) is 0 Å². The number of pyridine rings is 1. The minimum Gasteiger partial charge on any atom is -0.491 e. The Bertz CT molecular complexity index is 630. The van der Waals surface area contributed by atoms with Gasteiger partial charge in [-0.2, -0.15) is 0 Å². The van der Waals surface area contributed by atoms with E-state index in [4.69, 9.17) is 9.72 Å². The summed E-state index contributed by atoms with van der Waals surface area (Å²) >= 11 is 0. The molecule has 0 fully saturated rings. The van der Waals surface area contributed by atoms with Crippen LogP contribution in [0.2, 0.25) is 0 Å². The van der Waals surface area contributed by atoms with Gasteiger partial charge < -0.3 is 20.7 Å². The maximum Gasteiger partial charge on any atom is 0.137 e. The molecule has 0 saturated carbocycles. The number of aryl methyl sites for hydroxylation is 2. The molecular weight excluding hydrogens is 319 g/mol. The van der Waals surface area contributed by atoms with Crippen LogP contribution in [0.4, 0.5) is 10.2 Å². The van der Waals surface area contributed by atoms with Crippen LogP contribution in [0, 0.1) is 0 Å². The molecule has 0 atom stereocenters. The predicted molar refractivity (Wildman–Crippen MR) is 98.1 cm³/mol. The van der Waals surface area contributed by atoms with Crippen molar-refractivity contribution < 1.29 is 9.13 Å². The number of nitrogens with one attached hydrogen (secondary N) is 3. The summed E-state index contributed by atoms with van der Waals surface area (Å²) in [5.74, 6) is 1.44. The number of aromatic nitrogens is 1. The maximum atomic E-state index is 13.0. The second-order valence-electron chi connectivity index (χ2n) is 6.42. The lowest BCUT2D eigenvalue weighted by Crippen LogP contribution is -2.22. The van der Waals surface area contributed by atoms with Crippen molar-refractivity contribution in [3.63, 3.8) is 0 Å². The Morgan fingerprint density at radius 1 is 1.24 bits per heavy atom. The van der Waals surface area contributed by atoms with Crippen LogP contribution in [0.1, 0.15) is 30.5 Å². The van der Waals surface area contributed by atoms with Gasteiger partial charge in [-0.25, -0.2) is 9.37 Å². The van der Waals surface area contributed by atoms with Gasteiger partial charge in [0, 0.05) is 31.1 Å². The van der Waals surface area contributed by atoms with Crippen LogP contribution >= 0.6 is 0 Å². The third-order valence-electron chi connectivity index (χ3n) is 4.35. The van der Waals surface area contributed by atoms with E-state index in [2.05, 4.69) is 28.1 Å². The first-order valence-electron chi connectivity index (χ1n) is 9.17. The summed E-state index contributed by atoms with van der Waals surface area (Å²) in [7, 11) is 0. The molecule has 3 heterocycles. The van der Waals surface area contributed by atoms with E-state index in [0.29, 0.717) is 12.4 Å². The van der Waals surface area contributed by atoms with Crippen LogP contribution in [-0.4, -0.2) is 37.8 Å². The largest absolute Gasteiger partial charge is 0.491 e. The van der Waals surface area contributed by atoms with Gasteiger partial charge in [0.05, 0.1) is 6.54 Å². The molecule has 25 heavy (non-hydrogen) atoms. The van der Waals surface area contributed by atoms with Gasteiger partial charge >= 0.3 is 0 Å². The van der Waals surface area contributed by atoms with E-state index in [0.717, 1.165) is 51.1 Å². The van der Waals surface area contributed by atoms with E-state index >= 15 is 0 Å². The van der Waals surface area contributed by atoms with Gasteiger partial charge in [0.2, 0.25) is 0 Å². The van der Waals surface area contributed by atoms with Crippen LogP contribution in [0.25, 0.3) is 0 Å². The van der Waals surface area contributed by atoms with Crippen molar-refractivity contribution in [2.24, 2.45) is 0 Å². The third kappa shape index (κ3) is 5.74. The van der Waals surface area contributed by atoms with E-state index in [1.54, 1.807) is 6.20 Å². The summed E-state index contributed by atoms with van der Waals surface area (Å²) < 4.78 is 18.5. The summed E-state index contributed by atoms with van der Waals surface area (Å²) in [6.07, 6.45) is 8.68. The molecule has 6 heteroatoms. The van der Waals surface area contributed by atoms with Crippen molar-refractivity contribution >= 4 is 5.82 Å². The van der Waals surface area contributed by atoms with Crippen molar-refractivity contribution in [1.82, 2.24) is 15.6 Å². The van der Waals surface area contributed by atoms with Crippen molar-refractivity contribution in [3.8, 4) is 0 Å². The van der Waals surface area contributed by atoms with Crippen LogP contribution in [-0.2, 0) is 17.6 Å². The quantitative estimate of drug-likeness (QED) is 0.600.